The van der Waals surface area contributed by atoms with Crippen LogP contribution in [0.15, 0.2) is 15.8 Å². The van der Waals surface area contributed by atoms with E-state index >= 15 is 0 Å². The summed E-state index contributed by atoms with van der Waals surface area (Å²) in [4.78, 5) is 0. The molecule has 1 aliphatic rings. The van der Waals surface area contributed by atoms with E-state index in [9.17, 15) is 0 Å². The Labute approximate surface area is 103 Å². The Balaban J connectivity index is 2.04. The normalized spacial score (nSPS) is 13.6. The van der Waals surface area contributed by atoms with Gasteiger partial charge in [-0.05, 0) is 41.5 Å². The molecule has 84 valence electrons. The fourth-order valence-corrected chi connectivity index (χ4v) is 4.38. The van der Waals surface area contributed by atoms with Crippen LogP contribution in [0, 0.1) is 0 Å². The summed E-state index contributed by atoms with van der Waals surface area (Å²) in [6, 6.07) is 0. The first-order chi connectivity index (χ1) is 7.90. The van der Waals surface area contributed by atoms with Crippen LogP contribution in [0.4, 0.5) is 0 Å². The average Bonchev–Trinajstić information content (AvgIpc) is 2.91. The maximum Gasteiger partial charge on any atom is 0.0704 e. The third-order valence-electron chi connectivity index (χ3n) is 2.90. The lowest BCUT2D eigenvalue weighted by atomic mass is 9.94. The Bertz CT molecular complexity index is 499. The lowest BCUT2D eigenvalue weighted by molar-refractivity contribution is 0.944. The number of nitrogens with zero attached hydrogens (tertiary/aromatic N) is 1. The molecule has 0 aliphatic heterocycles. The molecule has 1 aliphatic carbocycles. The number of rotatable bonds is 3. The monoisotopic (exact) mass is 250 g/mol. The Morgan fingerprint density at radius 3 is 3.19 bits per heavy atom. The van der Waals surface area contributed by atoms with Gasteiger partial charge in [-0.3, -0.25) is 5.10 Å². The maximum absolute atomic E-state index is 4.17. The number of hydrogen-bond donors (Lipinski definition) is 1. The minimum absolute atomic E-state index is 1.13. The van der Waals surface area contributed by atoms with E-state index in [4.69, 9.17) is 0 Å². The van der Waals surface area contributed by atoms with Gasteiger partial charge in [0.15, 0.2) is 0 Å². The van der Waals surface area contributed by atoms with E-state index in [2.05, 4.69) is 22.5 Å². The molecule has 0 saturated carbocycles. The van der Waals surface area contributed by atoms with Crippen LogP contribution in [0.1, 0.15) is 24.5 Å². The summed E-state index contributed by atoms with van der Waals surface area (Å²) in [5, 5.41) is 9.65. The number of H-pyrrole nitrogens is 1. The van der Waals surface area contributed by atoms with Gasteiger partial charge in [0, 0.05) is 5.56 Å². The summed E-state index contributed by atoms with van der Waals surface area (Å²) < 4.78 is 1.46. The predicted molar refractivity (Wildman–Crippen MR) is 70.3 cm³/mol. The number of nitrogens with one attached hydrogen (secondary N) is 1. The third-order valence-corrected chi connectivity index (χ3v) is 5.44. The molecule has 2 nitrogen and oxygen atoms in total. The van der Waals surface area contributed by atoms with Crippen LogP contribution in [0.5, 0.6) is 0 Å². The standard InChI is InChI=1S/C12H14N2S2/c1-2-5-15-12-10-9(7-16-12)4-3-8-6-13-14-11(8)10/h6-7H,2-5H2,1H3,(H,13,14). The molecule has 0 bridgehead atoms. The van der Waals surface area contributed by atoms with Gasteiger partial charge in [0.25, 0.3) is 0 Å². The van der Waals surface area contributed by atoms with Crippen LogP contribution in [0.2, 0.25) is 0 Å². The molecule has 0 aromatic carbocycles. The number of fused-ring (bicyclic) bond motifs is 3. The molecular formula is C12H14N2S2. The van der Waals surface area contributed by atoms with Crippen LogP contribution in [0.25, 0.3) is 11.3 Å². The van der Waals surface area contributed by atoms with Crippen molar-refractivity contribution in [3.05, 3.63) is 22.7 Å². The second kappa shape index (κ2) is 4.26. The zero-order chi connectivity index (χ0) is 11.0. The highest BCUT2D eigenvalue weighted by molar-refractivity contribution is 8.01. The molecule has 0 spiro atoms. The Morgan fingerprint density at radius 2 is 2.31 bits per heavy atom. The van der Waals surface area contributed by atoms with E-state index in [-0.39, 0.29) is 0 Å². The van der Waals surface area contributed by atoms with Crippen molar-refractivity contribution in [2.45, 2.75) is 30.4 Å². The summed E-state index contributed by atoms with van der Waals surface area (Å²) in [6.45, 7) is 2.23. The van der Waals surface area contributed by atoms with Crippen LogP contribution < -0.4 is 0 Å². The van der Waals surface area contributed by atoms with E-state index in [1.54, 1.807) is 0 Å². The van der Waals surface area contributed by atoms with Crippen molar-refractivity contribution in [1.29, 1.82) is 0 Å². The van der Waals surface area contributed by atoms with Crippen LogP contribution in [-0.4, -0.2) is 16.0 Å². The maximum atomic E-state index is 4.17. The van der Waals surface area contributed by atoms with Gasteiger partial charge in [-0.15, -0.1) is 23.1 Å². The highest BCUT2D eigenvalue weighted by atomic mass is 32.2. The smallest absolute Gasteiger partial charge is 0.0704 e. The topological polar surface area (TPSA) is 28.7 Å². The number of aromatic nitrogens is 2. The highest BCUT2D eigenvalue weighted by Gasteiger charge is 2.22. The molecule has 2 heterocycles. The lowest BCUT2D eigenvalue weighted by Crippen LogP contribution is -2.00. The zero-order valence-corrected chi connectivity index (χ0v) is 10.9. The summed E-state index contributed by atoms with van der Waals surface area (Å²) in [5.74, 6) is 1.20. The second-order valence-corrected chi connectivity index (χ2v) is 6.29. The van der Waals surface area contributed by atoms with Gasteiger partial charge in [-0.25, -0.2) is 0 Å². The number of hydrogen-bond acceptors (Lipinski definition) is 3. The van der Waals surface area contributed by atoms with E-state index in [0.29, 0.717) is 0 Å². The lowest BCUT2D eigenvalue weighted by Gasteiger charge is -2.12. The molecule has 16 heavy (non-hydrogen) atoms. The van der Waals surface area contributed by atoms with Crippen molar-refractivity contribution in [1.82, 2.24) is 10.2 Å². The van der Waals surface area contributed by atoms with Gasteiger partial charge in [-0.2, -0.15) is 5.10 Å². The molecule has 2 aromatic heterocycles. The van der Waals surface area contributed by atoms with Crippen molar-refractivity contribution >= 4 is 23.1 Å². The number of aromatic amines is 1. The Hall–Kier alpha value is -0.740. The number of thioether (sulfide) groups is 1. The minimum Gasteiger partial charge on any atom is -0.277 e. The summed E-state index contributed by atoms with van der Waals surface area (Å²) in [6.07, 6.45) is 5.51. The first-order valence-corrected chi connectivity index (χ1v) is 7.52. The van der Waals surface area contributed by atoms with Gasteiger partial charge in [-0.1, -0.05) is 6.92 Å². The van der Waals surface area contributed by atoms with Crippen LogP contribution >= 0.6 is 23.1 Å². The molecule has 0 saturated heterocycles. The van der Waals surface area contributed by atoms with Crippen LogP contribution in [0.3, 0.4) is 0 Å². The zero-order valence-electron chi connectivity index (χ0n) is 9.25. The van der Waals surface area contributed by atoms with Crippen molar-refractivity contribution in [2.24, 2.45) is 0 Å². The van der Waals surface area contributed by atoms with Gasteiger partial charge < -0.3 is 0 Å². The van der Waals surface area contributed by atoms with E-state index in [1.807, 2.05) is 29.3 Å². The van der Waals surface area contributed by atoms with Crippen LogP contribution in [-0.2, 0) is 12.8 Å². The van der Waals surface area contributed by atoms with Crippen molar-refractivity contribution < 1.29 is 0 Å². The third kappa shape index (κ3) is 1.60. The molecule has 0 fully saturated rings. The number of aryl methyl sites for hydroxylation is 2. The molecule has 0 unspecified atom stereocenters. The SMILES string of the molecule is CCCSc1scc2c1-c1[nH]ncc1CC2. The van der Waals surface area contributed by atoms with E-state index in [0.717, 1.165) is 6.42 Å². The first kappa shape index (κ1) is 10.4. The van der Waals surface area contributed by atoms with Gasteiger partial charge >= 0.3 is 0 Å². The predicted octanol–water partition coefficient (Wildman–Crippen LogP) is 3.74. The molecule has 0 amide bonds. The quantitative estimate of drug-likeness (QED) is 0.841. The minimum atomic E-state index is 1.13. The molecule has 3 rings (SSSR count). The Kier molecular flexibility index (Phi) is 2.77. The van der Waals surface area contributed by atoms with Gasteiger partial charge in [0.05, 0.1) is 16.1 Å². The average molecular weight is 250 g/mol. The fourth-order valence-electron chi connectivity index (χ4n) is 2.11. The molecule has 1 N–H and O–H groups in total. The van der Waals surface area contributed by atoms with Crippen molar-refractivity contribution in [3.63, 3.8) is 0 Å². The molecule has 0 atom stereocenters. The molecule has 0 radical (unpaired) electrons. The fraction of sp³-hybridized carbons (Fsp3) is 0.417. The summed E-state index contributed by atoms with van der Waals surface area (Å²) in [5.41, 5.74) is 5.58. The molecule has 4 heteroatoms. The number of thiophene rings is 1. The summed E-state index contributed by atoms with van der Waals surface area (Å²) in [7, 11) is 0. The molecule has 2 aromatic rings. The summed E-state index contributed by atoms with van der Waals surface area (Å²) >= 11 is 3.87. The van der Waals surface area contributed by atoms with Crippen molar-refractivity contribution in [2.75, 3.05) is 5.75 Å². The van der Waals surface area contributed by atoms with Gasteiger partial charge in [0.2, 0.25) is 0 Å². The van der Waals surface area contributed by atoms with E-state index < -0.39 is 0 Å². The van der Waals surface area contributed by atoms with Gasteiger partial charge in [0.1, 0.15) is 0 Å². The largest absolute Gasteiger partial charge is 0.277 e. The Morgan fingerprint density at radius 1 is 1.44 bits per heavy atom. The first-order valence-electron chi connectivity index (χ1n) is 5.66. The van der Waals surface area contributed by atoms with Crippen molar-refractivity contribution in [3.8, 4) is 11.3 Å². The molecular weight excluding hydrogens is 236 g/mol. The highest BCUT2D eigenvalue weighted by Crippen LogP contribution is 2.43. The second-order valence-electron chi connectivity index (χ2n) is 4.04. The van der Waals surface area contributed by atoms with E-state index in [1.165, 1.54) is 45.2 Å².